The number of methoxy groups -OCH3 is 1. The van der Waals surface area contributed by atoms with Gasteiger partial charge in [-0.1, -0.05) is 6.07 Å². The Morgan fingerprint density at radius 2 is 2.00 bits per heavy atom. The van der Waals surface area contributed by atoms with E-state index in [9.17, 15) is 19.7 Å². The maximum Gasteiger partial charge on any atom is 0.269 e. The lowest BCUT2D eigenvalue weighted by molar-refractivity contribution is -0.384. The van der Waals surface area contributed by atoms with Crippen molar-refractivity contribution in [3.05, 3.63) is 58.6 Å². The van der Waals surface area contributed by atoms with Gasteiger partial charge in [-0.25, -0.2) is 0 Å². The maximum atomic E-state index is 12.4. The number of hydrogen-bond donors (Lipinski definition) is 1. The molecule has 1 aliphatic rings. The number of nitrogens with one attached hydrogen (secondary N) is 1. The summed E-state index contributed by atoms with van der Waals surface area (Å²) in [5.41, 5.74) is 1.08. The summed E-state index contributed by atoms with van der Waals surface area (Å²) in [7, 11) is 1.55. The molecule has 0 unspecified atom stereocenters. The molecule has 0 aromatic heterocycles. The monoisotopic (exact) mass is 355 g/mol. The van der Waals surface area contributed by atoms with Gasteiger partial charge in [-0.05, 0) is 24.3 Å². The maximum absolute atomic E-state index is 12.4. The third kappa shape index (κ3) is 3.64. The molecule has 1 fully saturated rings. The number of ether oxygens (including phenoxy) is 1. The SMILES string of the molecule is COc1cccc(N2C[C@H](C(=O)Nc3ccc([N+](=O)[O-])cc3)CC2=O)c1. The minimum Gasteiger partial charge on any atom is -0.497 e. The number of amides is 2. The van der Waals surface area contributed by atoms with Gasteiger partial charge in [0.05, 0.1) is 18.0 Å². The Hall–Kier alpha value is -3.42. The van der Waals surface area contributed by atoms with Crippen LogP contribution in [0, 0.1) is 16.0 Å². The number of nitrogens with zero attached hydrogens (tertiary/aromatic N) is 2. The van der Waals surface area contributed by atoms with Crippen LogP contribution in [-0.2, 0) is 9.59 Å². The summed E-state index contributed by atoms with van der Waals surface area (Å²) in [4.78, 5) is 36.4. The first kappa shape index (κ1) is 17.4. The lowest BCUT2D eigenvalue weighted by Gasteiger charge is -2.17. The van der Waals surface area contributed by atoms with Gasteiger partial charge < -0.3 is 15.0 Å². The predicted molar refractivity (Wildman–Crippen MR) is 95.2 cm³/mol. The number of carbonyl (C=O) groups excluding carboxylic acids is 2. The fourth-order valence-corrected chi connectivity index (χ4v) is 2.82. The van der Waals surface area contributed by atoms with Crippen molar-refractivity contribution in [1.82, 2.24) is 0 Å². The minimum atomic E-state index is -0.507. The molecule has 2 aromatic carbocycles. The summed E-state index contributed by atoms with van der Waals surface area (Å²) in [5, 5.41) is 13.4. The van der Waals surface area contributed by atoms with E-state index in [1.54, 1.807) is 36.3 Å². The zero-order chi connectivity index (χ0) is 18.7. The van der Waals surface area contributed by atoms with Crippen LogP contribution >= 0.6 is 0 Å². The second-order valence-electron chi connectivity index (χ2n) is 5.90. The molecule has 1 N–H and O–H groups in total. The molecule has 0 radical (unpaired) electrons. The molecule has 2 amide bonds. The highest BCUT2D eigenvalue weighted by molar-refractivity contribution is 6.03. The van der Waals surface area contributed by atoms with E-state index in [1.165, 1.54) is 24.3 Å². The van der Waals surface area contributed by atoms with Crippen LogP contribution in [0.25, 0.3) is 0 Å². The third-order valence-corrected chi connectivity index (χ3v) is 4.21. The summed E-state index contributed by atoms with van der Waals surface area (Å²) >= 11 is 0. The van der Waals surface area contributed by atoms with Crippen LogP contribution < -0.4 is 15.0 Å². The molecule has 8 nitrogen and oxygen atoms in total. The van der Waals surface area contributed by atoms with E-state index < -0.39 is 10.8 Å². The van der Waals surface area contributed by atoms with Crippen molar-refractivity contribution in [2.45, 2.75) is 6.42 Å². The lowest BCUT2D eigenvalue weighted by atomic mass is 10.1. The number of hydrogen-bond acceptors (Lipinski definition) is 5. The molecule has 134 valence electrons. The molecule has 3 rings (SSSR count). The van der Waals surface area contributed by atoms with E-state index in [2.05, 4.69) is 5.32 Å². The highest BCUT2D eigenvalue weighted by atomic mass is 16.6. The molecule has 1 aliphatic heterocycles. The van der Waals surface area contributed by atoms with Gasteiger partial charge in [0.15, 0.2) is 0 Å². The van der Waals surface area contributed by atoms with Crippen LogP contribution in [0.5, 0.6) is 5.75 Å². The van der Waals surface area contributed by atoms with Crippen molar-refractivity contribution in [3.8, 4) is 5.75 Å². The van der Waals surface area contributed by atoms with Gasteiger partial charge in [0.1, 0.15) is 5.75 Å². The number of non-ortho nitro benzene ring substituents is 1. The fraction of sp³-hybridized carbons (Fsp3) is 0.222. The van der Waals surface area contributed by atoms with E-state index >= 15 is 0 Å². The number of nitro groups is 1. The van der Waals surface area contributed by atoms with Gasteiger partial charge in [-0.2, -0.15) is 0 Å². The smallest absolute Gasteiger partial charge is 0.269 e. The number of benzene rings is 2. The molecule has 8 heteroatoms. The molecule has 0 aliphatic carbocycles. The molecule has 1 saturated heterocycles. The largest absolute Gasteiger partial charge is 0.497 e. The first-order valence-corrected chi connectivity index (χ1v) is 7.97. The number of nitro benzene ring substituents is 1. The quantitative estimate of drug-likeness (QED) is 0.656. The summed E-state index contributed by atoms with van der Waals surface area (Å²) in [6.07, 6.45) is 0.107. The first-order valence-electron chi connectivity index (χ1n) is 7.97. The molecule has 0 saturated carbocycles. The topological polar surface area (TPSA) is 102 Å². The van der Waals surface area contributed by atoms with Crippen LogP contribution in [0.15, 0.2) is 48.5 Å². The van der Waals surface area contributed by atoms with E-state index in [0.29, 0.717) is 17.1 Å². The van der Waals surface area contributed by atoms with Gasteiger partial charge >= 0.3 is 0 Å². The highest BCUT2D eigenvalue weighted by Crippen LogP contribution is 2.28. The van der Waals surface area contributed by atoms with Crippen molar-refractivity contribution in [3.63, 3.8) is 0 Å². The van der Waals surface area contributed by atoms with E-state index in [1.807, 2.05) is 0 Å². The summed E-state index contributed by atoms with van der Waals surface area (Å²) in [5.74, 6) is -0.294. The standard InChI is InChI=1S/C18H17N3O5/c1-26-16-4-2-3-15(10-16)20-11-12(9-17(20)22)18(23)19-13-5-7-14(8-6-13)21(24)25/h2-8,10,12H,9,11H2,1H3,(H,19,23)/t12-/m1/s1. The van der Waals surface area contributed by atoms with E-state index in [-0.39, 0.29) is 30.5 Å². The molecule has 1 heterocycles. The zero-order valence-electron chi connectivity index (χ0n) is 14.0. The highest BCUT2D eigenvalue weighted by Gasteiger charge is 2.35. The van der Waals surface area contributed by atoms with Gasteiger partial charge in [0, 0.05) is 42.5 Å². The Morgan fingerprint density at radius 3 is 2.65 bits per heavy atom. The zero-order valence-corrected chi connectivity index (χ0v) is 14.0. The summed E-state index contributed by atoms with van der Waals surface area (Å²) in [6.45, 7) is 0.269. The molecule has 2 aromatic rings. The normalized spacial score (nSPS) is 16.4. The van der Waals surface area contributed by atoms with E-state index in [4.69, 9.17) is 4.74 Å². The van der Waals surface area contributed by atoms with Crippen molar-refractivity contribution in [2.24, 2.45) is 5.92 Å². The molecule has 26 heavy (non-hydrogen) atoms. The van der Waals surface area contributed by atoms with Crippen molar-refractivity contribution >= 4 is 28.9 Å². The molecular weight excluding hydrogens is 338 g/mol. The van der Waals surface area contributed by atoms with Crippen LogP contribution in [0.2, 0.25) is 0 Å². The van der Waals surface area contributed by atoms with Crippen molar-refractivity contribution in [1.29, 1.82) is 0 Å². The average molecular weight is 355 g/mol. The fourth-order valence-electron chi connectivity index (χ4n) is 2.82. The second kappa shape index (κ2) is 7.22. The summed E-state index contributed by atoms with van der Waals surface area (Å²) < 4.78 is 5.16. The Balaban J connectivity index is 1.67. The lowest BCUT2D eigenvalue weighted by Crippen LogP contribution is -2.28. The molecule has 1 atom stereocenters. The Bertz CT molecular complexity index is 850. The summed E-state index contributed by atoms with van der Waals surface area (Å²) in [6, 6.07) is 12.7. The average Bonchev–Trinajstić information content (AvgIpc) is 3.04. The molecule has 0 spiro atoms. The Labute approximate surface area is 149 Å². The van der Waals surface area contributed by atoms with Gasteiger partial charge in [-0.3, -0.25) is 19.7 Å². The number of anilines is 2. The van der Waals surface area contributed by atoms with Crippen LogP contribution in [-0.4, -0.2) is 30.4 Å². The van der Waals surface area contributed by atoms with Gasteiger partial charge in [-0.15, -0.1) is 0 Å². The molecule has 0 bridgehead atoms. The predicted octanol–water partition coefficient (Wildman–Crippen LogP) is 2.60. The number of carbonyl (C=O) groups is 2. The number of rotatable bonds is 5. The minimum absolute atomic E-state index is 0.0526. The van der Waals surface area contributed by atoms with Crippen molar-refractivity contribution < 1.29 is 19.2 Å². The van der Waals surface area contributed by atoms with E-state index in [0.717, 1.165) is 0 Å². The van der Waals surface area contributed by atoms with Gasteiger partial charge in [0.25, 0.3) is 5.69 Å². The Kier molecular flexibility index (Phi) is 4.83. The van der Waals surface area contributed by atoms with Crippen LogP contribution in [0.4, 0.5) is 17.1 Å². The van der Waals surface area contributed by atoms with Crippen LogP contribution in [0.3, 0.4) is 0 Å². The second-order valence-corrected chi connectivity index (χ2v) is 5.90. The molecular formula is C18H17N3O5. The Morgan fingerprint density at radius 1 is 1.27 bits per heavy atom. The van der Waals surface area contributed by atoms with Crippen LogP contribution in [0.1, 0.15) is 6.42 Å². The first-order chi connectivity index (χ1) is 12.5. The van der Waals surface area contributed by atoms with Crippen molar-refractivity contribution in [2.75, 3.05) is 23.9 Å². The van der Waals surface area contributed by atoms with Gasteiger partial charge in [0.2, 0.25) is 11.8 Å². The third-order valence-electron chi connectivity index (χ3n) is 4.21.